The van der Waals surface area contributed by atoms with Crippen LogP contribution in [0, 0.1) is 0 Å². The van der Waals surface area contributed by atoms with Gasteiger partial charge in [-0.2, -0.15) is 5.10 Å². The monoisotopic (exact) mass is 434 g/mol. The highest BCUT2D eigenvalue weighted by atomic mass is 35.5. The number of hydrogen-bond acceptors (Lipinski definition) is 5. The molecular weight excluding hydrogens is 416 g/mol. The Balaban J connectivity index is 1.63. The predicted octanol–water partition coefficient (Wildman–Crippen LogP) is 3.96. The van der Waals surface area contributed by atoms with Gasteiger partial charge < -0.3 is 15.4 Å². The molecule has 0 unspecified atom stereocenters. The molecule has 0 radical (unpaired) electrons. The lowest BCUT2D eigenvalue weighted by molar-refractivity contribution is 0.0602. The van der Waals surface area contributed by atoms with Crippen LogP contribution in [0.15, 0.2) is 48.8 Å². The van der Waals surface area contributed by atoms with Crippen LogP contribution < -0.4 is 10.6 Å². The zero-order chi connectivity index (χ0) is 19.9. The van der Waals surface area contributed by atoms with E-state index in [0.717, 1.165) is 11.3 Å². The molecule has 0 bridgehead atoms. The molecule has 0 fully saturated rings. The smallest absolute Gasteiger partial charge is 0.340 e. The maximum absolute atomic E-state index is 12.1. The van der Waals surface area contributed by atoms with Gasteiger partial charge >= 0.3 is 5.97 Å². The number of nitrogens with one attached hydrogen (secondary N) is 2. The van der Waals surface area contributed by atoms with Crippen molar-refractivity contribution in [2.45, 2.75) is 13.0 Å². The van der Waals surface area contributed by atoms with E-state index in [2.05, 4.69) is 27.9 Å². The first kappa shape index (κ1) is 20.3. The molecule has 0 atom stereocenters. The number of thiophene rings is 1. The summed E-state index contributed by atoms with van der Waals surface area (Å²) in [6, 6.07) is 11.9. The van der Waals surface area contributed by atoms with E-state index in [1.807, 2.05) is 24.3 Å². The average Bonchev–Trinajstić information content (AvgIpc) is 3.28. The van der Waals surface area contributed by atoms with Crippen molar-refractivity contribution < 1.29 is 9.53 Å². The molecule has 9 heteroatoms. The van der Waals surface area contributed by atoms with Crippen LogP contribution in [-0.2, 0) is 17.7 Å². The molecule has 0 amide bonds. The van der Waals surface area contributed by atoms with E-state index in [1.54, 1.807) is 17.1 Å². The van der Waals surface area contributed by atoms with Gasteiger partial charge in [0.05, 0.1) is 30.4 Å². The zero-order valence-electron chi connectivity index (χ0n) is 15.1. The normalized spacial score (nSPS) is 10.5. The summed E-state index contributed by atoms with van der Waals surface area (Å²) in [4.78, 5) is 13.2. The number of anilines is 1. The summed E-state index contributed by atoms with van der Waals surface area (Å²) in [5.74, 6) is -0.396. The summed E-state index contributed by atoms with van der Waals surface area (Å²) >= 11 is 12.7. The largest absolute Gasteiger partial charge is 0.465 e. The topological polar surface area (TPSA) is 68.2 Å². The molecule has 146 valence electrons. The van der Waals surface area contributed by atoms with E-state index in [0.29, 0.717) is 33.8 Å². The highest BCUT2D eigenvalue weighted by Gasteiger charge is 2.18. The minimum absolute atomic E-state index is 0.396. The van der Waals surface area contributed by atoms with Crippen molar-refractivity contribution in [1.29, 1.82) is 0 Å². The van der Waals surface area contributed by atoms with Gasteiger partial charge in [-0.05, 0) is 23.8 Å². The maximum atomic E-state index is 12.1. The molecule has 0 aliphatic heterocycles. The van der Waals surface area contributed by atoms with E-state index in [4.69, 9.17) is 28.6 Å². The Kier molecular flexibility index (Phi) is 7.02. The first-order valence-corrected chi connectivity index (χ1v) is 10.1. The van der Waals surface area contributed by atoms with Gasteiger partial charge in [0, 0.05) is 24.0 Å². The Labute approximate surface area is 177 Å². The van der Waals surface area contributed by atoms with Crippen molar-refractivity contribution in [3.8, 4) is 0 Å². The Morgan fingerprint density at radius 3 is 2.82 bits per heavy atom. The summed E-state index contributed by atoms with van der Waals surface area (Å²) < 4.78 is 6.63. The van der Waals surface area contributed by atoms with Crippen LogP contribution in [0.2, 0.25) is 5.02 Å². The van der Waals surface area contributed by atoms with E-state index < -0.39 is 5.97 Å². The molecule has 3 rings (SSSR count). The first-order chi connectivity index (χ1) is 13.5. The van der Waals surface area contributed by atoms with Gasteiger partial charge in [-0.15, -0.1) is 11.3 Å². The SMILES string of the molecule is COC(=O)c1cc(Cc2ccccc2)sc1NC(=S)NCCn1cc(Cl)cn1. The third-order valence-corrected chi connectivity index (χ3v) is 5.36. The van der Waals surface area contributed by atoms with Crippen molar-refractivity contribution in [3.63, 3.8) is 0 Å². The van der Waals surface area contributed by atoms with Crippen LogP contribution in [0.1, 0.15) is 20.8 Å². The van der Waals surface area contributed by atoms with E-state index >= 15 is 0 Å². The minimum Gasteiger partial charge on any atom is -0.465 e. The molecule has 1 aromatic carbocycles. The van der Waals surface area contributed by atoms with Gasteiger partial charge in [0.1, 0.15) is 5.00 Å². The second-order valence-electron chi connectivity index (χ2n) is 5.91. The zero-order valence-corrected chi connectivity index (χ0v) is 17.5. The summed E-state index contributed by atoms with van der Waals surface area (Å²) in [6.45, 7) is 1.18. The number of benzene rings is 1. The maximum Gasteiger partial charge on any atom is 0.340 e. The number of hydrogen-bond donors (Lipinski definition) is 2. The van der Waals surface area contributed by atoms with Crippen molar-refractivity contribution in [3.05, 3.63) is 69.8 Å². The van der Waals surface area contributed by atoms with Crippen LogP contribution in [0.3, 0.4) is 0 Å². The number of carbonyl (C=O) groups excluding carboxylic acids is 1. The third kappa shape index (κ3) is 5.54. The van der Waals surface area contributed by atoms with Gasteiger partial charge in [-0.1, -0.05) is 41.9 Å². The number of methoxy groups -OCH3 is 1. The van der Waals surface area contributed by atoms with E-state index in [1.165, 1.54) is 24.0 Å². The number of esters is 1. The molecule has 0 saturated carbocycles. The van der Waals surface area contributed by atoms with Gasteiger partial charge in [-0.3, -0.25) is 4.68 Å². The molecule has 2 N–H and O–H groups in total. The molecular formula is C19H19ClN4O2S2. The summed E-state index contributed by atoms with van der Waals surface area (Å²) in [5, 5.41) is 12.0. The number of ether oxygens (including phenoxy) is 1. The highest BCUT2D eigenvalue weighted by molar-refractivity contribution is 7.80. The van der Waals surface area contributed by atoms with Crippen LogP contribution in [0.25, 0.3) is 0 Å². The fourth-order valence-electron chi connectivity index (χ4n) is 2.57. The van der Waals surface area contributed by atoms with Crippen molar-refractivity contribution in [2.75, 3.05) is 19.0 Å². The molecule has 0 aliphatic rings. The minimum atomic E-state index is -0.396. The molecule has 2 aromatic heterocycles. The molecule has 0 saturated heterocycles. The van der Waals surface area contributed by atoms with Gasteiger partial charge in [-0.25, -0.2) is 4.79 Å². The average molecular weight is 435 g/mol. The van der Waals surface area contributed by atoms with Crippen LogP contribution >= 0.6 is 35.2 Å². The lowest BCUT2D eigenvalue weighted by Gasteiger charge is -2.10. The summed E-state index contributed by atoms with van der Waals surface area (Å²) in [7, 11) is 1.37. The first-order valence-electron chi connectivity index (χ1n) is 8.53. The Morgan fingerprint density at radius 2 is 2.14 bits per heavy atom. The van der Waals surface area contributed by atoms with Crippen molar-refractivity contribution >= 4 is 51.2 Å². The third-order valence-electron chi connectivity index (χ3n) is 3.86. The highest BCUT2D eigenvalue weighted by Crippen LogP contribution is 2.30. The molecule has 0 spiro atoms. The van der Waals surface area contributed by atoms with Crippen LogP contribution in [0.5, 0.6) is 0 Å². The van der Waals surface area contributed by atoms with Crippen molar-refractivity contribution in [1.82, 2.24) is 15.1 Å². The number of halogens is 1. The molecule has 3 aromatic rings. The molecule has 2 heterocycles. The van der Waals surface area contributed by atoms with Gasteiger partial charge in [0.25, 0.3) is 0 Å². The fourth-order valence-corrected chi connectivity index (χ4v) is 4.08. The molecule has 6 nitrogen and oxygen atoms in total. The number of carbonyl (C=O) groups is 1. The Bertz CT molecular complexity index is 956. The Morgan fingerprint density at radius 1 is 1.36 bits per heavy atom. The van der Waals surface area contributed by atoms with Gasteiger partial charge in [0.2, 0.25) is 0 Å². The quantitative estimate of drug-likeness (QED) is 0.433. The number of aromatic nitrogens is 2. The summed E-state index contributed by atoms with van der Waals surface area (Å²) in [6.07, 6.45) is 4.06. The lowest BCUT2D eigenvalue weighted by atomic mass is 10.1. The number of nitrogens with zero attached hydrogens (tertiary/aromatic N) is 2. The summed E-state index contributed by atoms with van der Waals surface area (Å²) in [5.41, 5.74) is 1.65. The second-order valence-corrected chi connectivity index (χ2v) is 7.89. The number of thiocarbonyl (C=S) groups is 1. The predicted molar refractivity (Wildman–Crippen MR) is 116 cm³/mol. The van der Waals surface area contributed by atoms with E-state index in [9.17, 15) is 4.79 Å². The second kappa shape index (κ2) is 9.68. The van der Waals surface area contributed by atoms with Gasteiger partial charge in [0.15, 0.2) is 5.11 Å². The standard InChI is InChI=1S/C19H19ClN4O2S2/c1-26-18(25)16-10-15(9-13-5-3-2-4-6-13)28-17(16)23-19(27)21-7-8-24-12-14(20)11-22-24/h2-6,10-12H,7-9H2,1H3,(H2,21,23,27). The molecule has 0 aliphatic carbocycles. The Hall–Kier alpha value is -2.42. The van der Waals surface area contributed by atoms with Crippen LogP contribution in [-0.4, -0.2) is 34.5 Å². The number of rotatable bonds is 7. The molecule has 28 heavy (non-hydrogen) atoms. The fraction of sp³-hybridized carbons (Fsp3) is 0.211. The van der Waals surface area contributed by atoms with E-state index in [-0.39, 0.29) is 0 Å². The van der Waals surface area contributed by atoms with Crippen molar-refractivity contribution in [2.24, 2.45) is 0 Å². The lowest BCUT2D eigenvalue weighted by Crippen LogP contribution is -2.31. The van der Waals surface area contributed by atoms with Crippen LogP contribution in [0.4, 0.5) is 5.00 Å².